The largest absolute Gasteiger partial charge is 1.00 e. The normalized spacial score (nSPS) is 17.7. The first kappa shape index (κ1) is 18.8. The smallest absolute Gasteiger partial charge is 1.00 e. The molecule has 1 aromatic rings. The third kappa shape index (κ3) is 3.58. The molecule has 3 heteroatoms. The first-order chi connectivity index (χ1) is 9.18. The van der Waals surface area contributed by atoms with Crippen LogP contribution in [-0.4, -0.2) is 3.21 Å². The predicted molar refractivity (Wildman–Crippen MR) is 81.0 cm³/mol. The zero-order chi connectivity index (χ0) is 13.4. The van der Waals surface area contributed by atoms with E-state index in [1.165, 1.54) is 12.0 Å². The minimum atomic E-state index is -1.73. The van der Waals surface area contributed by atoms with Crippen molar-refractivity contribution in [2.45, 2.75) is 30.8 Å². The van der Waals surface area contributed by atoms with Crippen molar-refractivity contribution >= 4 is 9.28 Å². The Hall–Kier alpha value is -0.227. The first-order valence-corrected chi connectivity index (χ1v) is 10.9. The fraction of sp³-hybridized carbons (Fsp3) is 0.278. The van der Waals surface area contributed by atoms with Crippen LogP contribution in [0.1, 0.15) is 41.9 Å². The first-order valence-electron chi connectivity index (χ1n) is 6.99. The zero-order valence-electron chi connectivity index (χ0n) is 12.7. The van der Waals surface area contributed by atoms with E-state index in [2.05, 4.69) is 69.3 Å². The SMILES string of the molecule is CC1=[C]([Zr+2](=[C](C)C)[CH]2C=Cc3ccccc32)CC=C1.[Cl-].[Cl-]. The summed E-state index contributed by atoms with van der Waals surface area (Å²) in [7, 11) is 0. The van der Waals surface area contributed by atoms with Crippen LogP contribution in [0.15, 0.2) is 51.3 Å². The molecule has 2 aliphatic carbocycles. The Labute approximate surface area is 148 Å². The third-order valence-corrected chi connectivity index (χ3v) is 12.6. The number of hydrogen-bond acceptors (Lipinski definition) is 0. The van der Waals surface area contributed by atoms with Crippen molar-refractivity contribution in [3.63, 3.8) is 0 Å². The number of hydrogen-bond donors (Lipinski definition) is 0. The minimum absolute atomic E-state index is 0. The maximum Gasteiger partial charge on any atom is -1.00 e. The van der Waals surface area contributed by atoms with E-state index in [-0.39, 0.29) is 24.8 Å². The van der Waals surface area contributed by atoms with E-state index in [4.69, 9.17) is 0 Å². The van der Waals surface area contributed by atoms with Crippen LogP contribution in [0.5, 0.6) is 0 Å². The number of halogens is 2. The number of rotatable bonds is 2. The van der Waals surface area contributed by atoms with Gasteiger partial charge in [0.1, 0.15) is 0 Å². The van der Waals surface area contributed by atoms with E-state index >= 15 is 0 Å². The summed E-state index contributed by atoms with van der Waals surface area (Å²) >= 11 is -1.73. The van der Waals surface area contributed by atoms with Crippen LogP contribution in [0.2, 0.25) is 0 Å². The molecule has 21 heavy (non-hydrogen) atoms. The van der Waals surface area contributed by atoms with Gasteiger partial charge in [-0.05, 0) is 0 Å². The van der Waals surface area contributed by atoms with Crippen molar-refractivity contribution in [1.82, 2.24) is 0 Å². The van der Waals surface area contributed by atoms with Gasteiger partial charge in [0, 0.05) is 0 Å². The van der Waals surface area contributed by atoms with Gasteiger partial charge in [-0.25, -0.2) is 0 Å². The van der Waals surface area contributed by atoms with Crippen LogP contribution in [0.4, 0.5) is 0 Å². The Morgan fingerprint density at radius 1 is 1.10 bits per heavy atom. The molecule has 0 fully saturated rings. The van der Waals surface area contributed by atoms with E-state index in [0.717, 1.165) is 0 Å². The van der Waals surface area contributed by atoms with Crippen molar-refractivity contribution in [1.29, 1.82) is 0 Å². The molecule has 2 aliphatic rings. The molecule has 1 unspecified atom stereocenters. The molecule has 3 rings (SSSR count). The third-order valence-electron chi connectivity index (χ3n) is 4.14. The van der Waals surface area contributed by atoms with Crippen molar-refractivity contribution < 1.29 is 46.1 Å². The second-order valence-corrected chi connectivity index (χ2v) is 13.2. The molecule has 0 aromatic heterocycles. The van der Waals surface area contributed by atoms with E-state index < -0.39 is 21.3 Å². The van der Waals surface area contributed by atoms with Crippen molar-refractivity contribution in [2.24, 2.45) is 0 Å². The van der Waals surface area contributed by atoms with Gasteiger partial charge in [-0.15, -0.1) is 0 Å². The Kier molecular flexibility index (Phi) is 7.05. The molecule has 0 bridgehead atoms. The van der Waals surface area contributed by atoms with Gasteiger partial charge < -0.3 is 24.8 Å². The predicted octanol–water partition coefficient (Wildman–Crippen LogP) is -1.17. The van der Waals surface area contributed by atoms with Gasteiger partial charge in [-0.1, -0.05) is 0 Å². The van der Waals surface area contributed by atoms with Crippen LogP contribution in [0.3, 0.4) is 0 Å². The van der Waals surface area contributed by atoms with E-state index in [1.54, 1.807) is 17.6 Å². The molecule has 0 aliphatic heterocycles. The van der Waals surface area contributed by atoms with E-state index in [0.29, 0.717) is 3.63 Å². The Balaban J connectivity index is 0.00000110. The summed E-state index contributed by atoms with van der Waals surface area (Å²) in [4.78, 5) is 0. The molecular weight excluding hydrogens is 378 g/mol. The maximum atomic E-state index is 2.48. The summed E-state index contributed by atoms with van der Waals surface area (Å²) in [5.41, 5.74) is 4.56. The van der Waals surface area contributed by atoms with E-state index in [1.807, 2.05) is 0 Å². The van der Waals surface area contributed by atoms with Crippen LogP contribution in [-0.2, 0) is 21.3 Å². The second-order valence-electron chi connectivity index (χ2n) is 5.65. The van der Waals surface area contributed by atoms with Crippen LogP contribution < -0.4 is 24.8 Å². The van der Waals surface area contributed by atoms with Crippen molar-refractivity contribution in [3.05, 3.63) is 62.5 Å². The van der Waals surface area contributed by atoms with E-state index in [9.17, 15) is 0 Å². The molecule has 1 aromatic carbocycles. The van der Waals surface area contributed by atoms with Gasteiger partial charge in [0.15, 0.2) is 0 Å². The van der Waals surface area contributed by atoms with Crippen LogP contribution >= 0.6 is 0 Å². The minimum Gasteiger partial charge on any atom is -1.00 e. The molecular formula is C18H20Cl2Zr. The monoisotopic (exact) mass is 396 g/mol. The summed E-state index contributed by atoms with van der Waals surface area (Å²) in [6, 6.07) is 8.94. The molecule has 0 heterocycles. The van der Waals surface area contributed by atoms with Gasteiger partial charge >= 0.3 is 124 Å². The average Bonchev–Trinajstić information content (AvgIpc) is 2.98. The summed E-state index contributed by atoms with van der Waals surface area (Å²) in [5.74, 6) is 0. The Bertz CT molecular complexity index is 647. The topological polar surface area (TPSA) is 0 Å². The summed E-state index contributed by atoms with van der Waals surface area (Å²) < 4.78 is 4.23. The molecule has 0 spiro atoms. The molecule has 0 nitrogen and oxygen atoms in total. The van der Waals surface area contributed by atoms with Gasteiger partial charge in [0.05, 0.1) is 0 Å². The molecule has 110 valence electrons. The Morgan fingerprint density at radius 3 is 2.43 bits per heavy atom. The molecule has 0 saturated heterocycles. The van der Waals surface area contributed by atoms with Crippen molar-refractivity contribution in [2.75, 3.05) is 0 Å². The number of benzene rings is 1. The zero-order valence-corrected chi connectivity index (χ0v) is 16.6. The molecule has 0 saturated carbocycles. The maximum absolute atomic E-state index is 2.48. The quantitative estimate of drug-likeness (QED) is 0.589. The summed E-state index contributed by atoms with van der Waals surface area (Å²) in [6.07, 6.45) is 10.7. The van der Waals surface area contributed by atoms with Gasteiger partial charge in [-0.2, -0.15) is 0 Å². The Morgan fingerprint density at radius 2 is 1.81 bits per heavy atom. The number of fused-ring (bicyclic) bond motifs is 1. The van der Waals surface area contributed by atoms with Crippen molar-refractivity contribution in [3.8, 4) is 0 Å². The van der Waals surface area contributed by atoms with Crippen LogP contribution in [0, 0.1) is 0 Å². The van der Waals surface area contributed by atoms with Gasteiger partial charge in [-0.3, -0.25) is 0 Å². The van der Waals surface area contributed by atoms with Gasteiger partial charge in [0.25, 0.3) is 0 Å². The summed E-state index contributed by atoms with van der Waals surface area (Å²) in [5, 5.41) is 0. The number of allylic oxidation sites excluding steroid dienone is 5. The second kappa shape index (κ2) is 7.86. The molecule has 0 amide bonds. The molecule has 0 radical (unpaired) electrons. The molecule has 1 atom stereocenters. The van der Waals surface area contributed by atoms with Crippen LogP contribution in [0.25, 0.3) is 6.08 Å². The van der Waals surface area contributed by atoms with Gasteiger partial charge in [0.2, 0.25) is 0 Å². The molecule has 0 N–H and O–H groups in total. The standard InChI is InChI=1S/C9H7.C6H7.C3H6.2ClH.Zr/c1-2-5-9-7-3-6-8(9)4-1;1-6-4-2-3-5-6;1-3-2;;;/h1-7H;2,4H,3H2,1H3;1-2H3;2*1H;/q;;;;;+2/p-2. The fourth-order valence-electron chi connectivity index (χ4n) is 3.24. The summed E-state index contributed by atoms with van der Waals surface area (Å²) in [6.45, 7) is 7.02. The fourth-order valence-corrected chi connectivity index (χ4v) is 11.4. The average molecular weight is 398 g/mol.